The highest BCUT2D eigenvalue weighted by Crippen LogP contribution is 2.42. The number of nitrogens with one attached hydrogen (secondary N) is 1. The van der Waals surface area contributed by atoms with E-state index in [0.717, 1.165) is 32.1 Å². The van der Waals surface area contributed by atoms with Gasteiger partial charge in [-0.25, -0.2) is 0 Å². The van der Waals surface area contributed by atoms with Crippen molar-refractivity contribution in [2.75, 3.05) is 19.9 Å². The minimum atomic E-state index is -0.294. The van der Waals surface area contributed by atoms with Crippen LogP contribution in [0.5, 0.6) is 11.5 Å². The Hall–Kier alpha value is -2.28. The topological polar surface area (TPSA) is 71.1 Å². The highest BCUT2D eigenvalue weighted by atomic mass is 16.7. The Morgan fingerprint density at radius 1 is 1.24 bits per heavy atom. The van der Waals surface area contributed by atoms with E-state index in [9.17, 15) is 9.59 Å². The lowest BCUT2D eigenvalue weighted by Gasteiger charge is -2.45. The van der Waals surface area contributed by atoms with Gasteiger partial charge in [-0.3, -0.25) is 14.9 Å². The van der Waals surface area contributed by atoms with Crippen molar-refractivity contribution in [3.05, 3.63) is 23.8 Å². The van der Waals surface area contributed by atoms with E-state index in [1.807, 2.05) is 4.90 Å². The Balaban J connectivity index is 1.31. The Morgan fingerprint density at radius 3 is 2.66 bits per heavy atom. The average Bonchev–Trinajstić information content (AvgIpc) is 3.38. The third kappa shape index (κ3) is 3.06. The lowest BCUT2D eigenvalue weighted by molar-refractivity contribution is -0.134. The number of benzene rings is 1. The maximum absolute atomic E-state index is 13.2. The Morgan fingerprint density at radius 2 is 1.97 bits per heavy atom. The number of amides is 2. The van der Waals surface area contributed by atoms with Crippen molar-refractivity contribution in [3.8, 4) is 11.5 Å². The van der Waals surface area contributed by atoms with Crippen molar-refractivity contribution < 1.29 is 19.1 Å². The van der Waals surface area contributed by atoms with Crippen molar-refractivity contribution in [1.82, 2.24) is 15.1 Å². The Bertz CT molecular complexity index is 829. The molecule has 0 unspecified atom stereocenters. The molecule has 1 spiro atoms. The molecule has 1 aliphatic carbocycles. The summed E-state index contributed by atoms with van der Waals surface area (Å²) in [4.78, 5) is 30.3. The molecule has 3 aliphatic heterocycles. The van der Waals surface area contributed by atoms with E-state index in [2.05, 4.69) is 24.1 Å². The molecule has 3 heterocycles. The van der Waals surface area contributed by atoms with Crippen LogP contribution in [0.1, 0.15) is 56.3 Å². The molecule has 3 fully saturated rings. The molecule has 1 aromatic carbocycles. The number of carbonyl (C=O) groups excluding carboxylic acids is 2. The second-order valence-electron chi connectivity index (χ2n) is 8.84. The fourth-order valence-electron chi connectivity index (χ4n) is 4.94. The predicted octanol–water partition coefficient (Wildman–Crippen LogP) is 2.36. The Kier molecular flexibility index (Phi) is 4.46. The maximum atomic E-state index is 13.2. The smallest absolute Gasteiger partial charge is 0.253 e. The van der Waals surface area contributed by atoms with Crippen molar-refractivity contribution >= 4 is 11.8 Å². The zero-order valence-electron chi connectivity index (χ0n) is 17.1. The van der Waals surface area contributed by atoms with Crippen LogP contribution in [0.2, 0.25) is 0 Å². The van der Waals surface area contributed by atoms with Crippen LogP contribution in [-0.2, 0) is 4.79 Å². The van der Waals surface area contributed by atoms with Crippen LogP contribution in [0.4, 0.5) is 0 Å². The summed E-state index contributed by atoms with van der Waals surface area (Å²) >= 11 is 0. The SMILES string of the molecule is CC[C@H](C)[C@@H]1NC2(CCN(C(=O)c3ccc4c(c3)OCO4)CC2)N(C2CC2)C1=O. The van der Waals surface area contributed by atoms with Crippen molar-refractivity contribution in [1.29, 1.82) is 0 Å². The van der Waals surface area contributed by atoms with Crippen LogP contribution in [0.3, 0.4) is 0 Å². The monoisotopic (exact) mass is 399 g/mol. The molecule has 7 heteroatoms. The first-order valence-corrected chi connectivity index (χ1v) is 10.8. The molecular formula is C22H29N3O4. The van der Waals surface area contributed by atoms with Crippen molar-refractivity contribution in [2.24, 2.45) is 5.92 Å². The van der Waals surface area contributed by atoms with Crippen LogP contribution >= 0.6 is 0 Å². The molecule has 7 nitrogen and oxygen atoms in total. The molecule has 1 N–H and O–H groups in total. The molecule has 1 aromatic rings. The maximum Gasteiger partial charge on any atom is 0.253 e. The number of carbonyl (C=O) groups is 2. The molecule has 2 saturated heterocycles. The predicted molar refractivity (Wildman–Crippen MR) is 107 cm³/mol. The first-order valence-electron chi connectivity index (χ1n) is 10.8. The van der Waals surface area contributed by atoms with Crippen LogP contribution in [0, 0.1) is 5.92 Å². The van der Waals surface area contributed by atoms with Gasteiger partial charge in [0.05, 0.1) is 11.7 Å². The van der Waals surface area contributed by atoms with Crippen LogP contribution in [0.15, 0.2) is 18.2 Å². The van der Waals surface area contributed by atoms with E-state index in [-0.39, 0.29) is 30.3 Å². The van der Waals surface area contributed by atoms with E-state index in [1.54, 1.807) is 18.2 Å². The fraction of sp³-hybridized carbons (Fsp3) is 0.636. The summed E-state index contributed by atoms with van der Waals surface area (Å²) in [5.41, 5.74) is 0.329. The van der Waals surface area contributed by atoms with Crippen molar-refractivity contribution in [3.63, 3.8) is 0 Å². The van der Waals surface area contributed by atoms with Gasteiger partial charge < -0.3 is 19.3 Å². The number of fused-ring (bicyclic) bond motifs is 1. The van der Waals surface area contributed by atoms with Gasteiger partial charge in [0.15, 0.2) is 11.5 Å². The van der Waals surface area contributed by atoms with Crippen LogP contribution < -0.4 is 14.8 Å². The lowest BCUT2D eigenvalue weighted by Crippen LogP contribution is -2.60. The van der Waals surface area contributed by atoms with E-state index >= 15 is 0 Å². The minimum absolute atomic E-state index is 0.0129. The highest BCUT2D eigenvalue weighted by Gasteiger charge is 2.56. The number of hydrogen-bond donors (Lipinski definition) is 1. The van der Waals surface area contributed by atoms with Crippen LogP contribution in [0.25, 0.3) is 0 Å². The average molecular weight is 399 g/mol. The van der Waals surface area contributed by atoms with Gasteiger partial charge in [-0.1, -0.05) is 20.3 Å². The van der Waals surface area contributed by atoms with E-state index < -0.39 is 0 Å². The quantitative estimate of drug-likeness (QED) is 0.842. The summed E-state index contributed by atoms with van der Waals surface area (Å²) in [6.07, 6.45) is 4.73. The summed E-state index contributed by atoms with van der Waals surface area (Å²) in [6, 6.07) is 5.63. The second kappa shape index (κ2) is 6.90. The molecule has 1 saturated carbocycles. The summed E-state index contributed by atoms with van der Waals surface area (Å²) in [5.74, 6) is 1.90. The van der Waals surface area contributed by atoms with E-state index in [1.165, 1.54) is 0 Å². The first-order chi connectivity index (χ1) is 14.0. The molecule has 5 rings (SSSR count). The number of piperidine rings is 1. The zero-order valence-corrected chi connectivity index (χ0v) is 17.1. The summed E-state index contributed by atoms with van der Waals surface area (Å²) < 4.78 is 10.7. The lowest BCUT2D eigenvalue weighted by atomic mass is 9.94. The van der Waals surface area contributed by atoms with Gasteiger partial charge in [0.1, 0.15) is 0 Å². The number of rotatable bonds is 4. The normalized spacial score (nSPS) is 26.3. The first kappa shape index (κ1) is 18.7. The number of nitrogens with zero attached hydrogens (tertiary/aromatic N) is 2. The molecule has 156 valence electrons. The zero-order chi connectivity index (χ0) is 20.2. The van der Waals surface area contributed by atoms with Gasteiger partial charge in [0, 0.05) is 37.5 Å². The minimum Gasteiger partial charge on any atom is -0.454 e. The largest absolute Gasteiger partial charge is 0.454 e. The summed E-state index contributed by atoms with van der Waals surface area (Å²) in [7, 11) is 0. The van der Waals surface area contributed by atoms with Gasteiger partial charge >= 0.3 is 0 Å². The van der Waals surface area contributed by atoms with Crippen LogP contribution in [-0.4, -0.2) is 59.2 Å². The summed E-state index contributed by atoms with van der Waals surface area (Å²) in [6.45, 7) is 5.78. The van der Waals surface area contributed by atoms with E-state index in [0.29, 0.717) is 42.1 Å². The van der Waals surface area contributed by atoms with Crippen molar-refractivity contribution in [2.45, 2.75) is 63.7 Å². The second-order valence-corrected chi connectivity index (χ2v) is 8.84. The molecular weight excluding hydrogens is 370 g/mol. The van der Waals surface area contributed by atoms with Gasteiger partial charge in [-0.15, -0.1) is 0 Å². The van der Waals surface area contributed by atoms with E-state index in [4.69, 9.17) is 9.47 Å². The molecule has 2 atom stereocenters. The van der Waals surface area contributed by atoms with Gasteiger partial charge in [-0.2, -0.15) is 0 Å². The number of ether oxygens (including phenoxy) is 2. The third-order valence-corrected chi connectivity index (χ3v) is 7.01. The molecule has 4 aliphatic rings. The standard InChI is InChI=1S/C22H29N3O4/c1-3-14(2)19-21(27)25(16-5-6-16)22(23-19)8-10-24(11-9-22)20(26)15-4-7-17-18(12-15)29-13-28-17/h4,7,12,14,16,19,23H,3,5-6,8-11,13H2,1-2H3/t14-,19-/m0/s1. The Labute approximate surface area is 171 Å². The fourth-order valence-corrected chi connectivity index (χ4v) is 4.94. The highest BCUT2D eigenvalue weighted by molar-refractivity contribution is 5.95. The summed E-state index contributed by atoms with van der Waals surface area (Å²) in [5, 5.41) is 3.71. The van der Waals surface area contributed by atoms with Gasteiger partial charge in [-0.05, 0) is 37.0 Å². The molecule has 0 bridgehead atoms. The number of hydrogen-bond acceptors (Lipinski definition) is 5. The molecule has 0 radical (unpaired) electrons. The van der Waals surface area contributed by atoms with Gasteiger partial charge in [0.25, 0.3) is 5.91 Å². The van der Waals surface area contributed by atoms with Gasteiger partial charge in [0.2, 0.25) is 12.7 Å². The number of likely N-dealkylation sites (tertiary alicyclic amines) is 1. The third-order valence-electron chi connectivity index (χ3n) is 7.01. The molecule has 2 amide bonds. The molecule has 0 aromatic heterocycles. The molecule has 29 heavy (non-hydrogen) atoms.